The normalized spacial score (nSPS) is 14.1. The van der Waals surface area contributed by atoms with Crippen LogP contribution in [0.4, 0.5) is 34.4 Å². The lowest BCUT2D eigenvalue weighted by atomic mass is 10.0. The molecule has 16 nitrogen and oxygen atoms in total. The number of amides is 4. The number of nitrogens with one attached hydrogen (secondary N) is 5. The average molecular weight is 835 g/mol. The highest BCUT2D eigenvalue weighted by molar-refractivity contribution is 6.09. The van der Waals surface area contributed by atoms with Gasteiger partial charge in [-0.3, -0.25) is 29.1 Å². The van der Waals surface area contributed by atoms with E-state index in [1.807, 2.05) is 38.1 Å². The van der Waals surface area contributed by atoms with Crippen LogP contribution in [0, 0.1) is 0 Å². The molecule has 62 heavy (non-hydrogen) atoms. The molecule has 2 aliphatic heterocycles. The number of nitrogens with zero attached hydrogens (tertiary/aromatic N) is 5. The summed E-state index contributed by atoms with van der Waals surface area (Å²) in [6, 6.07) is 24.8. The Morgan fingerprint density at radius 3 is 1.73 bits per heavy atom. The Balaban J connectivity index is 0.000000187. The van der Waals surface area contributed by atoms with Crippen LogP contribution in [0.25, 0.3) is 0 Å². The lowest BCUT2D eigenvalue weighted by molar-refractivity contribution is -0.129. The molecule has 2 aromatic carbocycles. The molecule has 316 valence electrons. The van der Waals surface area contributed by atoms with Crippen LogP contribution in [-0.2, 0) is 22.7 Å². The maximum Gasteiger partial charge on any atom is 0.268 e. The molecule has 0 radical (unpaired) electrons. The first kappa shape index (κ1) is 42.3. The summed E-state index contributed by atoms with van der Waals surface area (Å²) in [5.74, 6) is 1.17. The number of benzene rings is 2. The summed E-state index contributed by atoms with van der Waals surface area (Å²) in [7, 11) is 0. The zero-order valence-electron chi connectivity index (χ0n) is 34.9. The smallest absolute Gasteiger partial charge is 0.268 e. The van der Waals surface area contributed by atoms with Crippen molar-refractivity contribution in [3.05, 3.63) is 144 Å². The van der Waals surface area contributed by atoms with Gasteiger partial charge in [0.25, 0.3) is 17.7 Å². The van der Waals surface area contributed by atoms with E-state index in [2.05, 4.69) is 46.5 Å². The van der Waals surface area contributed by atoms with E-state index >= 15 is 0 Å². The highest BCUT2D eigenvalue weighted by Gasteiger charge is 2.36. The minimum absolute atomic E-state index is 0.0824. The molecule has 5 N–H and O–H groups in total. The number of anilines is 6. The van der Waals surface area contributed by atoms with Crippen molar-refractivity contribution in [3.63, 3.8) is 0 Å². The van der Waals surface area contributed by atoms with Crippen molar-refractivity contribution >= 4 is 58.0 Å². The molecule has 0 aliphatic carbocycles. The Hall–Kier alpha value is -7.88. The fourth-order valence-corrected chi connectivity index (χ4v) is 6.59. The SMILES string of the molecule is CC(=O)N1CC(C)(C)Oc2ccc(NC(=O)c3cccnc3NCc3ccncc3)cc21.CC1(C)Oc2ccc(NC(=O)c3cccnc3NCc3ccncc3)cc2NC1=O. The number of aromatic nitrogens is 4. The fourth-order valence-electron chi connectivity index (χ4n) is 6.59. The summed E-state index contributed by atoms with van der Waals surface area (Å²) < 4.78 is 11.7. The highest BCUT2D eigenvalue weighted by atomic mass is 16.5. The minimum Gasteiger partial charge on any atom is -0.484 e. The van der Waals surface area contributed by atoms with Gasteiger partial charge >= 0.3 is 0 Å². The van der Waals surface area contributed by atoms with Crippen LogP contribution in [0.5, 0.6) is 11.5 Å². The van der Waals surface area contributed by atoms with Crippen molar-refractivity contribution in [2.24, 2.45) is 0 Å². The molecule has 8 rings (SSSR count). The van der Waals surface area contributed by atoms with Crippen LogP contribution in [0.2, 0.25) is 0 Å². The summed E-state index contributed by atoms with van der Waals surface area (Å²) >= 11 is 0. The van der Waals surface area contributed by atoms with Crippen molar-refractivity contribution in [1.29, 1.82) is 0 Å². The average Bonchev–Trinajstić information content (AvgIpc) is 3.26. The van der Waals surface area contributed by atoms with Gasteiger partial charge in [0.2, 0.25) is 5.91 Å². The summed E-state index contributed by atoms with van der Waals surface area (Å²) in [6.07, 6.45) is 10.1. The molecule has 6 aromatic rings. The molecule has 0 atom stereocenters. The van der Waals surface area contributed by atoms with Crippen molar-refractivity contribution in [3.8, 4) is 11.5 Å². The quantitative estimate of drug-likeness (QED) is 0.0923. The van der Waals surface area contributed by atoms with Crippen molar-refractivity contribution in [1.82, 2.24) is 19.9 Å². The molecule has 0 unspecified atom stereocenters. The van der Waals surface area contributed by atoms with E-state index in [0.717, 1.165) is 11.1 Å². The summed E-state index contributed by atoms with van der Waals surface area (Å²) in [5, 5.41) is 14.9. The van der Waals surface area contributed by atoms with E-state index in [0.29, 0.717) is 76.6 Å². The van der Waals surface area contributed by atoms with Gasteiger partial charge < -0.3 is 41.0 Å². The lowest BCUT2D eigenvalue weighted by Gasteiger charge is -2.39. The number of rotatable bonds is 10. The Morgan fingerprint density at radius 1 is 0.677 bits per heavy atom. The molecule has 0 saturated heterocycles. The predicted octanol–water partition coefficient (Wildman–Crippen LogP) is 7.32. The number of fused-ring (bicyclic) bond motifs is 2. The third-order valence-electron chi connectivity index (χ3n) is 9.73. The second kappa shape index (κ2) is 18.2. The molecular formula is C46H46N10O6. The van der Waals surface area contributed by atoms with Crippen LogP contribution in [-0.4, -0.2) is 61.3 Å². The number of hydrogen-bond donors (Lipinski definition) is 5. The van der Waals surface area contributed by atoms with Crippen LogP contribution in [0.15, 0.2) is 122 Å². The largest absolute Gasteiger partial charge is 0.484 e. The topological polar surface area (TPSA) is 202 Å². The molecule has 0 fully saturated rings. The Bertz CT molecular complexity index is 2610. The minimum atomic E-state index is -0.942. The van der Waals surface area contributed by atoms with Crippen LogP contribution < -0.4 is 41.0 Å². The van der Waals surface area contributed by atoms with Gasteiger partial charge in [0, 0.05) is 68.6 Å². The number of pyridine rings is 4. The number of ether oxygens (including phenoxy) is 2. The molecular weight excluding hydrogens is 789 g/mol. The zero-order valence-corrected chi connectivity index (χ0v) is 34.9. The van der Waals surface area contributed by atoms with E-state index in [9.17, 15) is 19.2 Å². The number of hydrogen-bond acceptors (Lipinski definition) is 12. The molecule has 4 aromatic heterocycles. The third kappa shape index (κ3) is 10.3. The molecule has 4 amide bonds. The van der Waals surface area contributed by atoms with Gasteiger partial charge in [0.1, 0.15) is 28.7 Å². The van der Waals surface area contributed by atoms with E-state index in [-0.39, 0.29) is 23.6 Å². The molecule has 0 spiro atoms. The van der Waals surface area contributed by atoms with Crippen LogP contribution in [0.1, 0.15) is 66.5 Å². The van der Waals surface area contributed by atoms with Gasteiger partial charge in [0.15, 0.2) is 5.60 Å². The van der Waals surface area contributed by atoms with Gasteiger partial charge in [-0.05, 0) is 124 Å². The van der Waals surface area contributed by atoms with Crippen LogP contribution in [0.3, 0.4) is 0 Å². The second-order valence-corrected chi connectivity index (χ2v) is 15.6. The summed E-state index contributed by atoms with van der Waals surface area (Å²) in [6.45, 7) is 10.2. The maximum absolute atomic E-state index is 13.0. The lowest BCUT2D eigenvalue weighted by Crippen LogP contribution is -2.48. The van der Waals surface area contributed by atoms with Gasteiger partial charge in [-0.15, -0.1) is 0 Å². The van der Waals surface area contributed by atoms with E-state index in [1.165, 1.54) is 6.92 Å². The van der Waals surface area contributed by atoms with Crippen molar-refractivity contribution in [2.75, 3.05) is 38.0 Å². The van der Waals surface area contributed by atoms with E-state index < -0.39 is 11.2 Å². The highest BCUT2D eigenvalue weighted by Crippen LogP contribution is 2.39. The number of carbonyl (C=O) groups is 4. The Kier molecular flexibility index (Phi) is 12.4. The monoisotopic (exact) mass is 834 g/mol. The van der Waals surface area contributed by atoms with Gasteiger partial charge in [-0.25, -0.2) is 9.97 Å². The van der Waals surface area contributed by atoms with E-state index in [4.69, 9.17) is 9.47 Å². The first-order valence-electron chi connectivity index (χ1n) is 19.8. The maximum atomic E-state index is 13.0. The zero-order chi connectivity index (χ0) is 43.9. The predicted molar refractivity (Wildman–Crippen MR) is 236 cm³/mol. The molecule has 2 aliphatic rings. The third-order valence-corrected chi connectivity index (χ3v) is 9.73. The van der Waals surface area contributed by atoms with Gasteiger partial charge in [-0.1, -0.05) is 0 Å². The fraction of sp³-hybridized carbons (Fsp3) is 0.217. The first-order chi connectivity index (χ1) is 29.7. The second-order valence-electron chi connectivity index (χ2n) is 15.6. The first-order valence-corrected chi connectivity index (χ1v) is 19.8. The van der Waals surface area contributed by atoms with Crippen molar-refractivity contribution in [2.45, 2.75) is 58.9 Å². The van der Waals surface area contributed by atoms with Crippen molar-refractivity contribution < 1.29 is 28.7 Å². The van der Waals surface area contributed by atoms with Crippen LogP contribution >= 0.6 is 0 Å². The molecule has 6 heterocycles. The standard InChI is InChI=1S/C24H25N5O3.C22H21N5O3/c1-16(30)29-15-24(2,3)32-21-7-6-18(13-20(21)29)28-23(31)19-5-4-10-26-22(19)27-14-17-8-11-25-12-9-17;1-22(2)21(29)27-17-12-15(5-6-18(17)30-22)26-20(28)16-4-3-9-24-19(16)25-13-14-7-10-23-11-8-14/h4-13H,14-15H2,1-3H3,(H,26,27)(H,28,31);3-12H,13H2,1-2H3,(H,24,25)(H,26,28)(H,27,29). The Morgan fingerprint density at radius 2 is 1.19 bits per heavy atom. The molecule has 0 bridgehead atoms. The van der Waals surface area contributed by atoms with Gasteiger partial charge in [-0.2, -0.15) is 0 Å². The van der Waals surface area contributed by atoms with E-state index in [1.54, 1.807) is 117 Å². The Labute approximate surface area is 358 Å². The summed E-state index contributed by atoms with van der Waals surface area (Å²) in [4.78, 5) is 68.5. The number of carbonyl (C=O) groups excluding carboxylic acids is 4. The molecule has 16 heteroatoms. The van der Waals surface area contributed by atoms with Gasteiger partial charge in [0.05, 0.1) is 29.0 Å². The summed E-state index contributed by atoms with van der Waals surface area (Å²) in [5.41, 5.74) is 3.69. The molecule has 0 saturated carbocycles.